The topological polar surface area (TPSA) is 66.8 Å². The van der Waals surface area contributed by atoms with Crippen molar-refractivity contribution in [2.45, 2.75) is 32.0 Å². The standard InChI is InChI=1S/C17H18ClN5O/c18-12-4-5-15-14(9-12)17(24)21-16(20-15)11-22-7-1-3-13(22)10-23-8-2-6-19-23/h2,4-6,8-9,13H,1,3,7,10-11H2,(H,20,21,24)/t13-/m1/s1. The molecule has 0 radical (unpaired) electrons. The third kappa shape index (κ3) is 3.07. The summed E-state index contributed by atoms with van der Waals surface area (Å²) in [6.45, 7) is 2.51. The molecule has 3 aromatic rings. The maximum Gasteiger partial charge on any atom is 0.258 e. The van der Waals surface area contributed by atoms with Gasteiger partial charge in [-0.1, -0.05) is 11.6 Å². The second-order valence-electron chi connectivity index (χ2n) is 6.17. The molecule has 124 valence electrons. The first-order chi connectivity index (χ1) is 11.7. The second kappa shape index (κ2) is 6.37. The maximum atomic E-state index is 12.3. The first-order valence-corrected chi connectivity index (χ1v) is 8.47. The molecule has 1 N–H and O–H groups in total. The number of hydrogen-bond donors (Lipinski definition) is 1. The van der Waals surface area contributed by atoms with E-state index in [0.29, 0.717) is 34.3 Å². The Kier molecular flexibility index (Phi) is 4.08. The number of nitrogens with zero attached hydrogens (tertiary/aromatic N) is 4. The van der Waals surface area contributed by atoms with E-state index >= 15 is 0 Å². The van der Waals surface area contributed by atoms with Gasteiger partial charge in [-0.15, -0.1) is 0 Å². The zero-order valence-electron chi connectivity index (χ0n) is 13.2. The minimum absolute atomic E-state index is 0.139. The monoisotopic (exact) mass is 343 g/mol. The lowest BCUT2D eigenvalue weighted by atomic mass is 10.2. The number of halogens is 1. The van der Waals surface area contributed by atoms with Crippen molar-refractivity contribution in [2.75, 3.05) is 6.54 Å². The quantitative estimate of drug-likeness (QED) is 0.790. The van der Waals surface area contributed by atoms with Crippen LogP contribution in [0.15, 0.2) is 41.5 Å². The largest absolute Gasteiger partial charge is 0.309 e. The van der Waals surface area contributed by atoms with E-state index in [1.165, 1.54) is 0 Å². The van der Waals surface area contributed by atoms with Crippen LogP contribution in [0.4, 0.5) is 0 Å². The van der Waals surface area contributed by atoms with Crippen LogP contribution < -0.4 is 5.56 Å². The Morgan fingerprint density at radius 2 is 2.29 bits per heavy atom. The highest BCUT2D eigenvalue weighted by Crippen LogP contribution is 2.21. The maximum absolute atomic E-state index is 12.3. The van der Waals surface area contributed by atoms with Crippen molar-refractivity contribution in [3.8, 4) is 0 Å². The van der Waals surface area contributed by atoms with Gasteiger partial charge in [0.1, 0.15) is 5.82 Å². The molecular weight excluding hydrogens is 326 g/mol. The highest BCUT2D eigenvalue weighted by atomic mass is 35.5. The zero-order valence-corrected chi connectivity index (χ0v) is 13.9. The van der Waals surface area contributed by atoms with E-state index in [0.717, 1.165) is 25.9 Å². The summed E-state index contributed by atoms with van der Waals surface area (Å²) < 4.78 is 1.96. The third-order valence-electron chi connectivity index (χ3n) is 4.53. The average molecular weight is 344 g/mol. The molecule has 0 saturated carbocycles. The van der Waals surface area contributed by atoms with Gasteiger partial charge in [0.15, 0.2) is 0 Å². The predicted octanol–water partition coefficient (Wildman–Crippen LogP) is 2.44. The predicted molar refractivity (Wildman–Crippen MR) is 93.0 cm³/mol. The first kappa shape index (κ1) is 15.4. The molecule has 0 spiro atoms. The molecular formula is C17H18ClN5O. The summed E-state index contributed by atoms with van der Waals surface area (Å²) in [5.41, 5.74) is 0.543. The van der Waals surface area contributed by atoms with Gasteiger partial charge in [0.05, 0.1) is 24.0 Å². The molecule has 4 rings (SSSR count). The molecule has 6 nitrogen and oxygen atoms in total. The molecule has 0 unspecified atom stereocenters. The van der Waals surface area contributed by atoms with Crippen molar-refractivity contribution in [1.82, 2.24) is 24.6 Å². The molecule has 0 amide bonds. The molecule has 1 aliphatic heterocycles. The van der Waals surface area contributed by atoms with Crippen LogP contribution in [0, 0.1) is 0 Å². The van der Waals surface area contributed by atoms with Crippen LogP contribution in [-0.4, -0.2) is 37.2 Å². The van der Waals surface area contributed by atoms with Crippen LogP contribution in [0.3, 0.4) is 0 Å². The van der Waals surface area contributed by atoms with Gasteiger partial charge in [0.2, 0.25) is 0 Å². The van der Waals surface area contributed by atoms with Crippen LogP contribution in [0.2, 0.25) is 5.02 Å². The van der Waals surface area contributed by atoms with E-state index in [1.807, 2.05) is 16.9 Å². The number of aromatic amines is 1. The summed E-state index contributed by atoms with van der Waals surface area (Å²) in [6, 6.07) is 7.56. The molecule has 0 bridgehead atoms. The summed E-state index contributed by atoms with van der Waals surface area (Å²) in [5.74, 6) is 0.696. The van der Waals surface area contributed by atoms with E-state index < -0.39 is 0 Å². The van der Waals surface area contributed by atoms with Crippen LogP contribution in [0.5, 0.6) is 0 Å². The van der Waals surface area contributed by atoms with Gasteiger partial charge in [0.25, 0.3) is 5.56 Å². The normalized spacial score (nSPS) is 18.5. The van der Waals surface area contributed by atoms with Gasteiger partial charge in [-0.3, -0.25) is 14.4 Å². The number of rotatable bonds is 4. The number of hydrogen-bond acceptors (Lipinski definition) is 4. The third-order valence-corrected chi connectivity index (χ3v) is 4.76. The van der Waals surface area contributed by atoms with Crippen molar-refractivity contribution in [3.63, 3.8) is 0 Å². The number of benzene rings is 1. The van der Waals surface area contributed by atoms with Gasteiger partial charge >= 0.3 is 0 Å². The van der Waals surface area contributed by atoms with Gasteiger partial charge < -0.3 is 4.98 Å². The van der Waals surface area contributed by atoms with Gasteiger partial charge in [-0.2, -0.15) is 5.10 Å². The Morgan fingerprint density at radius 1 is 1.38 bits per heavy atom. The van der Waals surface area contributed by atoms with E-state index in [1.54, 1.807) is 24.4 Å². The number of nitrogens with one attached hydrogen (secondary N) is 1. The fraction of sp³-hybridized carbons (Fsp3) is 0.353. The van der Waals surface area contributed by atoms with Crippen LogP contribution in [-0.2, 0) is 13.1 Å². The van der Waals surface area contributed by atoms with Gasteiger partial charge in [-0.25, -0.2) is 4.98 Å². The van der Waals surface area contributed by atoms with Gasteiger partial charge in [-0.05, 0) is 43.7 Å². The van der Waals surface area contributed by atoms with Crippen LogP contribution in [0.1, 0.15) is 18.7 Å². The van der Waals surface area contributed by atoms with Crippen molar-refractivity contribution < 1.29 is 0 Å². The minimum Gasteiger partial charge on any atom is -0.309 e. The van der Waals surface area contributed by atoms with Gasteiger partial charge in [0, 0.05) is 23.5 Å². The van der Waals surface area contributed by atoms with E-state index in [9.17, 15) is 4.79 Å². The molecule has 1 fully saturated rings. The number of H-pyrrole nitrogens is 1. The Bertz CT molecular complexity index is 905. The number of fused-ring (bicyclic) bond motifs is 1. The molecule has 3 heterocycles. The zero-order chi connectivity index (χ0) is 16.5. The van der Waals surface area contributed by atoms with Crippen molar-refractivity contribution in [1.29, 1.82) is 0 Å². The average Bonchev–Trinajstić information content (AvgIpc) is 3.21. The molecule has 1 saturated heterocycles. The molecule has 0 aliphatic carbocycles. The van der Waals surface area contributed by atoms with E-state index in [-0.39, 0.29) is 5.56 Å². The highest BCUT2D eigenvalue weighted by molar-refractivity contribution is 6.31. The Hall–Kier alpha value is -2.18. The molecule has 24 heavy (non-hydrogen) atoms. The number of likely N-dealkylation sites (tertiary alicyclic amines) is 1. The fourth-order valence-corrected chi connectivity index (χ4v) is 3.53. The molecule has 1 atom stereocenters. The number of aromatic nitrogens is 4. The lowest BCUT2D eigenvalue weighted by molar-refractivity contribution is 0.214. The SMILES string of the molecule is O=c1[nH]c(CN2CCC[C@@H]2Cn2cccn2)nc2ccc(Cl)cc12. The highest BCUT2D eigenvalue weighted by Gasteiger charge is 2.25. The van der Waals surface area contributed by atoms with E-state index in [2.05, 4.69) is 20.0 Å². The first-order valence-electron chi connectivity index (χ1n) is 8.09. The van der Waals surface area contributed by atoms with E-state index in [4.69, 9.17) is 11.6 Å². The molecule has 1 aliphatic rings. The molecule has 2 aromatic heterocycles. The summed E-state index contributed by atoms with van der Waals surface area (Å²) in [4.78, 5) is 22.1. The summed E-state index contributed by atoms with van der Waals surface area (Å²) in [6.07, 6.45) is 6.07. The Morgan fingerprint density at radius 3 is 3.12 bits per heavy atom. The molecule has 1 aromatic carbocycles. The molecule has 7 heteroatoms. The van der Waals surface area contributed by atoms with Crippen LogP contribution in [0.25, 0.3) is 10.9 Å². The second-order valence-corrected chi connectivity index (χ2v) is 6.61. The Labute approximate surface area is 144 Å². The summed E-state index contributed by atoms with van der Waals surface area (Å²) in [5, 5.41) is 5.36. The smallest absolute Gasteiger partial charge is 0.258 e. The Balaban J connectivity index is 1.57. The van der Waals surface area contributed by atoms with Crippen LogP contribution >= 0.6 is 11.6 Å². The lowest BCUT2D eigenvalue weighted by Crippen LogP contribution is -2.33. The fourth-order valence-electron chi connectivity index (χ4n) is 3.36. The minimum atomic E-state index is -0.139. The van der Waals surface area contributed by atoms with Crippen molar-refractivity contribution in [2.24, 2.45) is 0 Å². The lowest BCUT2D eigenvalue weighted by Gasteiger charge is -2.23. The summed E-state index contributed by atoms with van der Waals surface area (Å²) in [7, 11) is 0. The summed E-state index contributed by atoms with van der Waals surface area (Å²) >= 11 is 5.96. The van der Waals surface area contributed by atoms with Crippen molar-refractivity contribution >= 4 is 22.5 Å². The van der Waals surface area contributed by atoms with Crippen molar-refractivity contribution in [3.05, 3.63) is 57.9 Å².